The number of hydrogen-bond acceptors (Lipinski definition) is 2. The average Bonchev–Trinajstić information content (AvgIpc) is 3.02. The smallest absolute Gasteiger partial charge is 0.278 e. The van der Waals surface area contributed by atoms with Gasteiger partial charge in [0.15, 0.2) is 0 Å². The summed E-state index contributed by atoms with van der Waals surface area (Å²) in [5.41, 5.74) is 1.69. The van der Waals surface area contributed by atoms with Crippen molar-refractivity contribution in [2.45, 2.75) is 32.6 Å². The molecule has 2 heterocycles. The molecule has 0 bridgehead atoms. The highest BCUT2D eigenvalue weighted by Crippen LogP contribution is 2.36. The fourth-order valence-corrected chi connectivity index (χ4v) is 3.64. The third kappa shape index (κ3) is 2.63. The molecule has 0 radical (unpaired) electrons. The van der Waals surface area contributed by atoms with E-state index in [-0.39, 0.29) is 30.1 Å². The Balaban J connectivity index is 1.87. The molecular formula is C20H18ClFN2O2. The molecule has 4 nitrogen and oxygen atoms in total. The molecule has 1 unspecified atom stereocenters. The summed E-state index contributed by atoms with van der Waals surface area (Å²) in [5.74, 6) is -0.187. The maximum absolute atomic E-state index is 14.2. The number of hydrogen-bond donors (Lipinski definition) is 1. The van der Waals surface area contributed by atoms with E-state index in [2.05, 4.69) is 0 Å². The number of rotatable bonds is 2. The Morgan fingerprint density at radius 1 is 1.08 bits per heavy atom. The zero-order valence-corrected chi connectivity index (χ0v) is 15.2. The summed E-state index contributed by atoms with van der Waals surface area (Å²) in [6.07, 6.45) is 0. The summed E-state index contributed by atoms with van der Waals surface area (Å²) in [6.45, 7) is 3.21. The third-order valence-electron chi connectivity index (χ3n) is 4.85. The Bertz CT molecular complexity index is 1060. The van der Waals surface area contributed by atoms with Crippen molar-refractivity contribution in [3.05, 3.63) is 63.4 Å². The molecule has 3 aromatic rings. The first-order chi connectivity index (χ1) is 12.3. The minimum Gasteiger partial charge on any atom is -0.493 e. The Morgan fingerprint density at radius 3 is 2.35 bits per heavy atom. The number of aromatic nitrogens is 2. The van der Waals surface area contributed by atoms with Gasteiger partial charge in [-0.3, -0.25) is 4.79 Å². The van der Waals surface area contributed by atoms with Gasteiger partial charge in [0.1, 0.15) is 11.2 Å². The van der Waals surface area contributed by atoms with Crippen LogP contribution < -0.4 is 5.56 Å². The monoisotopic (exact) mass is 372 g/mol. The normalized spacial score (nSPS) is 18.9. The van der Waals surface area contributed by atoms with Gasteiger partial charge < -0.3 is 5.11 Å². The number of fused-ring (bicyclic) bond motifs is 1. The number of halogens is 2. The second kappa shape index (κ2) is 5.74. The van der Waals surface area contributed by atoms with Crippen molar-refractivity contribution in [2.75, 3.05) is 0 Å². The molecule has 0 aliphatic carbocycles. The number of aromatic hydroxyl groups is 1. The predicted octanol–water partition coefficient (Wildman–Crippen LogP) is 4.39. The molecule has 4 rings (SSSR count). The van der Waals surface area contributed by atoms with E-state index in [4.69, 9.17) is 11.6 Å². The van der Waals surface area contributed by atoms with Crippen LogP contribution in [0.5, 0.6) is 5.88 Å². The van der Waals surface area contributed by atoms with Crippen molar-refractivity contribution in [1.29, 1.82) is 0 Å². The lowest BCUT2D eigenvalue weighted by atomic mass is 9.96. The van der Waals surface area contributed by atoms with Gasteiger partial charge in [0.05, 0.1) is 13.1 Å². The van der Waals surface area contributed by atoms with E-state index in [0.29, 0.717) is 10.6 Å². The molecule has 0 spiro atoms. The summed E-state index contributed by atoms with van der Waals surface area (Å²) in [6, 6.07) is 13.1. The van der Waals surface area contributed by atoms with Crippen molar-refractivity contribution in [1.82, 2.24) is 9.36 Å². The molecule has 1 N–H and O–H groups in total. The molecule has 26 heavy (non-hydrogen) atoms. The fraction of sp³-hybridized carbons (Fsp3) is 0.250. The van der Waals surface area contributed by atoms with Gasteiger partial charge >= 0.3 is 0 Å². The zero-order valence-electron chi connectivity index (χ0n) is 14.5. The Morgan fingerprint density at radius 2 is 1.69 bits per heavy atom. The van der Waals surface area contributed by atoms with Crippen molar-refractivity contribution in [3.63, 3.8) is 0 Å². The van der Waals surface area contributed by atoms with Crippen molar-refractivity contribution in [2.24, 2.45) is 0 Å². The minimum atomic E-state index is -1.53. The Labute approximate surface area is 155 Å². The van der Waals surface area contributed by atoms with E-state index in [0.717, 1.165) is 16.7 Å². The first kappa shape index (κ1) is 16.9. The van der Waals surface area contributed by atoms with Crippen LogP contribution in [0.15, 0.2) is 47.3 Å². The van der Waals surface area contributed by atoms with Gasteiger partial charge in [0.2, 0.25) is 5.88 Å². The van der Waals surface area contributed by atoms with Crippen LogP contribution in [0, 0.1) is 6.92 Å². The average molecular weight is 373 g/mol. The summed E-state index contributed by atoms with van der Waals surface area (Å²) in [7, 11) is 0. The highest BCUT2D eigenvalue weighted by Gasteiger charge is 2.37. The predicted molar refractivity (Wildman–Crippen MR) is 100 cm³/mol. The lowest BCUT2D eigenvalue weighted by Gasteiger charge is -2.11. The number of alkyl halides is 1. The number of benzene rings is 2. The molecule has 1 aromatic heterocycles. The highest BCUT2D eigenvalue weighted by molar-refractivity contribution is 6.30. The van der Waals surface area contributed by atoms with Crippen LogP contribution in [0.1, 0.15) is 12.5 Å². The third-order valence-corrected chi connectivity index (χ3v) is 5.10. The molecule has 134 valence electrons. The molecule has 0 fully saturated rings. The van der Waals surface area contributed by atoms with Crippen LogP contribution >= 0.6 is 11.6 Å². The Hall–Kier alpha value is -2.53. The quantitative estimate of drug-likeness (QED) is 0.725. The van der Waals surface area contributed by atoms with Gasteiger partial charge in [0, 0.05) is 5.02 Å². The summed E-state index contributed by atoms with van der Waals surface area (Å²) >= 11 is 5.95. The molecule has 0 saturated carbocycles. The minimum absolute atomic E-state index is 0.0377. The highest BCUT2D eigenvalue weighted by atomic mass is 35.5. The van der Waals surface area contributed by atoms with Crippen molar-refractivity contribution >= 4 is 11.6 Å². The SMILES string of the molecule is Cc1ccc(-c2ccc(Cl)cc2)cc1-c1c(O)n2n(c1=O)CC(C)(F)C2. The lowest BCUT2D eigenvalue weighted by molar-refractivity contribution is 0.180. The largest absolute Gasteiger partial charge is 0.493 e. The van der Waals surface area contributed by atoms with Gasteiger partial charge in [0.25, 0.3) is 5.56 Å². The van der Waals surface area contributed by atoms with Crippen LogP contribution in [-0.4, -0.2) is 20.1 Å². The van der Waals surface area contributed by atoms with E-state index in [9.17, 15) is 14.3 Å². The second-order valence-corrected chi connectivity index (χ2v) is 7.51. The topological polar surface area (TPSA) is 47.2 Å². The maximum Gasteiger partial charge on any atom is 0.278 e. The zero-order chi connectivity index (χ0) is 18.6. The number of nitrogens with zero attached hydrogens (tertiary/aromatic N) is 2. The van der Waals surface area contributed by atoms with Gasteiger partial charge in [-0.15, -0.1) is 0 Å². The van der Waals surface area contributed by atoms with Gasteiger partial charge in [-0.05, 0) is 54.3 Å². The van der Waals surface area contributed by atoms with E-state index in [1.54, 1.807) is 12.1 Å². The van der Waals surface area contributed by atoms with Crippen LogP contribution in [0.3, 0.4) is 0 Å². The molecule has 1 aliphatic heterocycles. The molecular weight excluding hydrogens is 355 g/mol. The van der Waals surface area contributed by atoms with E-state index in [1.165, 1.54) is 16.3 Å². The number of aryl methyl sites for hydroxylation is 1. The first-order valence-corrected chi connectivity index (χ1v) is 8.73. The molecule has 0 amide bonds. The molecule has 1 atom stereocenters. The fourth-order valence-electron chi connectivity index (χ4n) is 3.52. The van der Waals surface area contributed by atoms with E-state index < -0.39 is 5.67 Å². The van der Waals surface area contributed by atoms with Crippen LogP contribution in [0.4, 0.5) is 4.39 Å². The maximum atomic E-state index is 14.2. The van der Waals surface area contributed by atoms with Gasteiger partial charge in [-0.25, -0.2) is 13.8 Å². The van der Waals surface area contributed by atoms with Crippen molar-refractivity contribution < 1.29 is 9.50 Å². The van der Waals surface area contributed by atoms with E-state index >= 15 is 0 Å². The first-order valence-electron chi connectivity index (χ1n) is 8.35. The molecule has 2 aromatic carbocycles. The summed E-state index contributed by atoms with van der Waals surface area (Å²) < 4.78 is 16.8. The molecule has 0 saturated heterocycles. The van der Waals surface area contributed by atoms with Crippen LogP contribution in [-0.2, 0) is 13.1 Å². The molecule has 1 aliphatic rings. The van der Waals surface area contributed by atoms with Crippen molar-refractivity contribution in [3.8, 4) is 28.1 Å². The summed E-state index contributed by atoms with van der Waals surface area (Å²) in [4.78, 5) is 12.8. The van der Waals surface area contributed by atoms with E-state index in [1.807, 2.05) is 37.3 Å². The standard InChI is InChI=1S/C20H18ClFN2O2/c1-12-3-4-14(13-5-7-15(21)8-6-13)9-16(12)17-18(25)23-10-20(2,22)11-24(23)19(17)26/h3-9,25H,10-11H2,1-2H3. The van der Waals surface area contributed by atoms with Crippen LogP contribution in [0.25, 0.3) is 22.3 Å². The second-order valence-electron chi connectivity index (χ2n) is 7.07. The summed E-state index contributed by atoms with van der Waals surface area (Å²) in [5, 5.41) is 11.2. The van der Waals surface area contributed by atoms with Gasteiger partial charge in [-0.2, -0.15) is 0 Å². The lowest BCUT2D eigenvalue weighted by Crippen LogP contribution is -2.24. The van der Waals surface area contributed by atoms with Crippen LogP contribution in [0.2, 0.25) is 5.02 Å². The molecule has 6 heteroatoms. The Kier molecular flexibility index (Phi) is 3.74. The van der Waals surface area contributed by atoms with Gasteiger partial charge in [-0.1, -0.05) is 35.9 Å².